The van der Waals surface area contributed by atoms with E-state index in [0.29, 0.717) is 12.4 Å². The Morgan fingerprint density at radius 2 is 1.96 bits per heavy atom. The molecule has 0 atom stereocenters. The van der Waals surface area contributed by atoms with Gasteiger partial charge in [0.25, 0.3) is 11.8 Å². The number of nitrogens with zero attached hydrogens (tertiary/aromatic N) is 1. The fourth-order valence-corrected chi connectivity index (χ4v) is 3.71. The van der Waals surface area contributed by atoms with Gasteiger partial charge in [-0.1, -0.05) is 12.1 Å². The van der Waals surface area contributed by atoms with E-state index in [4.69, 9.17) is 4.74 Å². The number of rotatable bonds is 4. The molecule has 0 radical (unpaired) electrons. The molecule has 1 fully saturated rings. The molecule has 1 aromatic carbocycles. The van der Waals surface area contributed by atoms with Gasteiger partial charge < -0.3 is 4.74 Å². The quantitative estimate of drug-likeness (QED) is 0.605. The van der Waals surface area contributed by atoms with Crippen molar-refractivity contribution in [1.82, 2.24) is 5.32 Å². The smallest absolute Gasteiger partial charge is 0.336 e. The van der Waals surface area contributed by atoms with Crippen molar-refractivity contribution in [1.29, 1.82) is 0 Å². The van der Waals surface area contributed by atoms with Crippen molar-refractivity contribution in [2.45, 2.75) is 6.92 Å². The van der Waals surface area contributed by atoms with E-state index < -0.39 is 17.8 Å². The lowest BCUT2D eigenvalue weighted by molar-refractivity contribution is -0.122. The first-order chi connectivity index (χ1) is 12.0. The Labute approximate surface area is 156 Å². The van der Waals surface area contributed by atoms with Crippen LogP contribution in [0.4, 0.5) is 10.5 Å². The van der Waals surface area contributed by atoms with E-state index in [9.17, 15) is 14.4 Å². The Kier molecular flexibility index (Phi) is 5.00. The third-order valence-corrected chi connectivity index (χ3v) is 4.96. The Morgan fingerprint density at radius 1 is 1.20 bits per heavy atom. The lowest BCUT2D eigenvalue weighted by atomic mass is 10.1. The number of halogens is 1. The second-order valence-corrected chi connectivity index (χ2v) is 7.50. The van der Waals surface area contributed by atoms with Crippen molar-refractivity contribution >= 4 is 56.9 Å². The summed E-state index contributed by atoms with van der Waals surface area (Å²) >= 11 is 4.71. The molecule has 0 aliphatic carbocycles. The number of imide groups is 2. The van der Waals surface area contributed by atoms with Gasteiger partial charge in [-0.05, 0) is 53.2 Å². The van der Waals surface area contributed by atoms with Crippen molar-refractivity contribution < 1.29 is 19.1 Å². The van der Waals surface area contributed by atoms with Crippen molar-refractivity contribution in [2.75, 3.05) is 11.5 Å². The molecule has 2 heterocycles. The summed E-state index contributed by atoms with van der Waals surface area (Å²) in [5, 5.41) is 2.20. The highest BCUT2D eigenvalue weighted by Gasteiger charge is 2.38. The third kappa shape index (κ3) is 3.49. The Morgan fingerprint density at radius 3 is 2.64 bits per heavy atom. The zero-order chi connectivity index (χ0) is 18.0. The first-order valence-electron chi connectivity index (χ1n) is 7.40. The van der Waals surface area contributed by atoms with Crippen LogP contribution in [0.15, 0.2) is 45.8 Å². The van der Waals surface area contributed by atoms with Crippen LogP contribution < -0.4 is 15.0 Å². The molecule has 4 amide bonds. The van der Waals surface area contributed by atoms with Gasteiger partial charge in [-0.2, -0.15) is 0 Å². The fourth-order valence-electron chi connectivity index (χ4n) is 2.34. The van der Waals surface area contributed by atoms with Gasteiger partial charge in [0.2, 0.25) is 0 Å². The largest absolute Gasteiger partial charge is 0.492 e. The summed E-state index contributed by atoms with van der Waals surface area (Å²) in [6.45, 7) is 2.18. The number of hydrogen-bond donors (Lipinski definition) is 1. The maximum atomic E-state index is 12.8. The van der Waals surface area contributed by atoms with Crippen LogP contribution in [-0.4, -0.2) is 24.5 Å². The molecule has 2 aromatic rings. The molecular weight excluding hydrogens is 408 g/mol. The fraction of sp³-hybridized carbons (Fsp3) is 0.118. The molecule has 1 saturated heterocycles. The zero-order valence-electron chi connectivity index (χ0n) is 13.1. The molecule has 1 aromatic heterocycles. The van der Waals surface area contributed by atoms with Crippen molar-refractivity contribution in [3.63, 3.8) is 0 Å². The van der Waals surface area contributed by atoms with Crippen LogP contribution in [0, 0.1) is 0 Å². The minimum atomic E-state index is -0.799. The highest BCUT2D eigenvalue weighted by atomic mass is 79.9. The highest BCUT2D eigenvalue weighted by molar-refractivity contribution is 9.11. The number of nitrogens with one attached hydrogen (secondary N) is 1. The van der Waals surface area contributed by atoms with E-state index in [-0.39, 0.29) is 11.3 Å². The van der Waals surface area contributed by atoms with Gasteiger partial charge in [-0.25, -0.2) is 9.69 Å². The molecule has 3 rings (SSSR count). The number of ether oxygens (including phenoxy) is 1. The minimum Gasteiger partial charge on any atom is -0.492 e. The molecule has 0 unspecified atom stereocenters. The highest BCUT2D eigenvalue weighted by Crippen LogP contribution is 2.32. The van der Waals surface area contributed by atoms with E-state index >= 15 is 0 Å². The van der Waals surface area contributed by atoms with Crippen LogP contribution in [0.1, 0.15) is 11.8 Å². The summed E-state index contributed by atoms with van der Waals surface area (Å²) in [5.74, 6) is -1.02. The number of benzene rings is 1. The molecule has 0 saturated carbocycles. The van der Waals surface area contributed by atoms with Crippen LogP contribution in [0.5, 0.6) is 5.75 Å². The molecule has 0 bridgehead atoms. The summed E-state index contributed by atoms with van der Waals surface area (Å²) < 4.78 is 6.36. The number of para-hydroxylation sites is 2. The van der Waals surface area contributed by atoms with Gasteiger partial charge in [0, 0.05) is 4.88 Å². The monoisotopic (exact) mass is 420 g/mol. The Bertz CT molecular complexity index is 890. The molecule has 1 aliphatic heterocycles. The molecular formula is C17H13BrN2O4S. The Hall–Kier alpha value is -2.45. The van der Waals surface area contributed by atoms with E-state index in [2.05, 4.69) is 21.2 Å². The van der Waals surface area contributed by atoms with Gasteiger partial charge in [-0.3, -0.25) is 14.9 Å². The summed E-state index contributed by atoms with van der Waals surface area (Å²) in [5.41, 5.74) is 0.179. The van der Waals surface area contributed by atoms with Gasteiger partial charge in [0.15, 0.2) is 0 Å². The van der Waals surface area contributed by atoms with Crippen LogP contribution in [0.25, 0.3) is 6.08 Å². The number of carbonyl (C=O) groups excluding carboxylic acids is 3. The minimum absolute atomic E-state index is 0.111. The zero-order valence-corrected chi connectivity index (χ0v) is 15.5. The topological polar surface area (TPSA) is 75.7 Å². The standard InChI is InChI=1S/C17H13BrN2O4S/c1-2-24-13-6-4-3-5-12(13)20-16(22)11(15(21)19-17(20)23)9-10-7-8-14(18)25-10/h3-9H,2H2,1H3,(H,19,21,23)/b11-9+. The summed E-state index contributed by atoms with van der Waals surface area (Å²) in [6.07, 6.45) is 1.47. The first kappa shape index (κ1) is 17.4. The maximum Gasteiger partial charge on any atom is 0.336 e. The van der Waals surface area contributed by atoms with E-state index in [1.165, 1.54) is 17.4 Å². The van der Waals surface area contributed by atoms with Crippen LogP contribution in [0.2, 0.25) is 0 Å². The molecule has 25 heavy (non-hydrogen) atoms. The lowest BCUT2D eigenvalue weighted by Crippen LogP contribution is -2.54. The number of carbonyl (C=O) groups is 3. The second-order valence-electron chi connectivity index (χ2n) is 5.00. The number of anilines is 1. The van der Waals surface area contributed by atoms with E-state index in [0.717, 1.165) is 13.6 Å². The normalized spacial score (nSPS) is 16.3. The van der Waals surface area contributed by atoms with Gasteiger partial charge in [-0.15, -0.1) is 11.3 Å². The summed E-state index contributed by atoms with van der Waals surface area (Å²) in [7, 11) is 0. The van der Waals surface area contributed by atoms with Crippen molar-refractivity contribution in [2.24, 2.45) is 0 Å². The molecule has 1 aliphatic rings. The number of barbiturate groups is 1. The molecule has 8 heteroatoms. The van der Waals surface area contributed by atoms with Crippen molar-refractivity contribution in [3.05, 3.63) is 50.6 Å². The second kappa shape index (κ2) is 7.20. The van der Waals surface area contributed by atoms with Gasteiger partial charge >= 0.3 is 6.03 Å². The number of amides is 4. The first-order valence-corrected chi connectivity index (χ1v) is 9.01. The van der Waals surface area contributed by atoms with Crippen LogP contribution in [0.3, 0.4) is 0 Å². The van der Waals surface area contributed by atoms with Gasteiger partial charge in [0.1, 0.15) is 11.3 Å². The molecule has 6 nitrogen and oxygen atoms in total. The Balaban J connectivity index is 2.03. The maximum absolute atomic E-state index is 12.8. The van der Waals surface area contributed by atoms with Crippen LogP contribution in [-0.2, 0) is 9.59 Å². The van der Waals surface area contributed by atoms with E-state index in [1.807, 2.05) is 6.07 Å². The molecule has 1 N–H and O–H groups in total. The predicted molar refractivity (Wildman–Crippen MR) is 98.6 cm³/mol. The van der Waals surface area contributed by atoms with Crippen LogP contribution >= 0.6 is 27.3 Å². The number of hydrogen-bond acceptors (Lipinski definition) is 5. The number of thiophene rings is 1. The van der Waals surface area contributed by atoms with Gasteiger partial charge in [0.05, 0.1) is 16.1 Å². The summed E-state index contributed by atoms with van der Waals surface area (Å²) in [4.78, 5) is 38.9. The van der Waals surface area contributed by atoms with Crippen molar-refractivity contribution in [3.8, 4) is 5.75 Å². The third-order valence-electron chi connectivity index (χ3n) is 3.39. The van der Waals surface area contributed by atoms with E-state index in [1.54, 1.807) is 37.3 Å². The summed E-state index contributed by atoms with van der Waals surface area (Å²) in [6, 6.07) is 9.48. The molecule has 0 spiro atoms. The average molecular weight is 421 g/mol. The SMILES string of the molecule is CCOc1ccccc1N1C(=O)NC(=O)/C(=C\c2ccc(Br)s2)C1=O. The molecule has 128 valence electrons. The predicted octanol–water partition coefficient (Wildman–Crippen LogP) is 3.58. The average Bonchev–Trinajstić information content (AvgIpc) is 2.98. The number of urea groups is 1. The lowest BCUT2D eigenvalue weighted by Gasteiger charge is -2.27.